The summed E-state index contributed by atoms with van der Waals surface area (Å²) >= 11 is 0. The molecule has 1 N–H and O–H groups in total. The van der Waals surface area contributed by atoms with Gasteiger partial charge in [0.2, 0.25) is 0 Å². The summed E-state index contributed by atoms with van der Waals surface area (Å²) in [5, 5.41) is 8.94. The molecule has 2 aromatic carbocycles. The molecule has 1 fully saturated rings. The van der Waals surface area contributed by atoms with E-state index in [9.17, 15) is 9.18 Å². The predicted octanol–water partition coefficient (Wildman–Crippen LogP) is 3.54. The van der Waals surface area contributed by atoms with Crippen LogP contribution in [0.15, 0.2) is 42.5 Å². The molecule has 1 unspecified atom stereocenters. The van der Waals surface area contributed by atoms with Crippen LogP contribution >= 0.6 is 0 Å². The number of aliphatic carboxylic acids is 1. The molecule has 2 aromatic rings. The Morgan fingerprint density at radius 1 is 1.29 bits per heavy atom. The van der Waals surface area contributed by atoms with Crippen molar-refractivity contribution in [2.45, 2.75) is 12.8 Å². The number of hydrogen-bond acceptors (Lipinski definition) is 3. The highest BCUT2D eigenvalue weighted by molar-refractivity contribution is 5.74. The second-order valence-corrected chi connectivity index (χ2v) is 5.95. The van der Waals surface area contributed by atoms with Gasteiger partial charge in [-0.15, -0.1) is 0 Å². The third-order valence-electron chi connectivity index (χ3n) is 4.03. The molecule has 0 aliphatic carbocycles. The van der Waals surface area contributed by atoms with Crippen LogP contribution in [-0.4, -0.2) is 30.9 Å². The van der Waals surface area contributed by atoms with E-state index >= 15 is 0 Å². The summed E-state index contributed by atoms with van der Waals surface area (Å²) in [5.41, 5.74) is 2.03. The first-order chi connectivity index (χ1) is 11.6. The molecule has 5 heteroatoms. The van der Waals surface area contributed by atoms with Crippen LogP contribution in [0.5, 0.6) is 5.75 Å². The number of carboxylic acids is 1. The first-order valence-electron chi connectivity index (χ1n) is 7.93. The van der Waals surface area contributed by atoms with Crippen molar-refractivity contribution in [2.75, 3.05) is 19.8 Å². The highest BCUT2D eigenvalue weighted by Gasteiger charge is 2.17. The van der Waals surface area contributed by atoms with E-state index in [1.165, 1.54) is 12.1 Å². The van der Waals surface area contributed by atoms with Crippen LogP contribution < -0.4 is 4.74 Å². The van der Waals surface area contributed by atoms with Crippen LogP contribution in [0.2, 0.25) is 0 Å². The number of ether oxygens (including phenoxy) is 2. The maximum atomic E-state index is 13.7. The van der Waals surface area contributed by atoms with E-state index in [1.807, 2.05) is 6.07 Å². The molecule has 1 aliphatic heterocycles. The summed E-state index contributed by atoms with van der Waals surface area (Å²) in [6, 6.07) is 11.5. The summed E-state index contributed by atoms with van der Waals surface area (Å²) in [7, 11) is 0. The first kappa shape index (κ1) is 16.5. The van der Waals surface area contributed by atoms with Crippen LogP contribution in [0.3, 0.4) is 0 Å². The fraction of sp³-hybridized carbons (Fsp3) is 0.316. The number of hydrogen-bond donors (Lipinski definition) is 1. The average molecular weight is 330 g/mol. The van der Waals surface area contributed by atoms with Crippen LogP contribution in [-0.2, 0) is 16.0 Å². The van der Waals surface area contributed by atoms with E-state index in [-0.39, 0.29) is 12.2 Å². The molecule has 0 spiro atoms. The zero-order chi connectivity index (χ0) is 16.9. The first-order valence-corrected chi connectivity index (χ1v) is 7.93. The van der Waals surface area contributed by atoms with Gasteiger partial charge in [0.1, 0.15) is 11.6 Å². The molecular formula is C19H19FO4. The Balaban J connectivity index is 1.85. The fourth-order valence-electron chi connectivity index (χ4n) is 2.80. The number of halogens is 1. The van der Waals surface area contributed by atoms with Gasteiger partial charge in [0.05, 0.1) is 19.6 Å². The number of carbonyl (C=O) groups is 1. The molecular weight excluding hydrogens is 311 g/mol. The van der Waals surface area contributed by atoms with E-state index < -0.39 is 5.97 Å². The lowest BCUT2D eigenvalue weighted by atomic mass is 10.0. The molecule has 0 aromatic heterocycles. The van der Waals surface area contributed by atoms with Crippen molar-refractivity contribution in [2.24, 2.45) is 5.92 Å². The van der Waals surface area contributed by atoms with Gasteiger partial charge in [-0.3, -0.25) is 4.79 Å². The summed E-state index contributed by atoms with van der Waals surface area (Å²) < 4.78 is 24.9. The Bertz CT molecular complexity index is 723. The van der Waals surface area contributed by atoms with Crippen LogP contribution in [0.1, 0.15) is 12.0 Å². The standard InChI is InChI=1S/C19H19FO4/c20-16-4-5-18(24-12-14-6-7-23-11-14)17(10-16)15-3-1-2-13(8-15)9-19(21)22/h1-5,8,10,14H,6-7,9,11-12H2,(H,21,22). The lowest BCUT2D eigenvalue weighted by Gasteiger charge is -2.15. The minimum absolute atomic E-state index is 0.0707. The molecule has 126 valence electrons. The van der Waals surface area contributed by atoms with Gasteiger partial charge in [0.25, 0.3) is 0 Å². The summed E-state index contributed by atoms with van der Waals surface area (Å²) in [4.78, 5) is 10.9. The van der Waals surface area contributed by atoms with Gasteiger partial charge in [-0.25, -0.2) is 4.39 Å². The Kier molecular flexibility index (Phi) is 5.11. The summed E-state index contributed by atoms with van der Waals surface area (Å²) in [6.07, 6.45) is 0.892. The van der Waals surface area contributed by atoms with Crippen molar-refractivity contribution in [3.63, 3.8) is 0 Å². The number of carboxylic acid groups (broad SMARTS) is 1. The van der Waals surface area contributed by atoms with Crippen molar-refractivity contribution >= 4 is 5.97 Å². The quantitative estimate of drug-likeness (QED) is 0.880. The average Bonchev–Trinajstić information content (AvgIpc) is 3.07. The summed E-state index contributed by atoms with van der Waals surface area (Å²) in [6.45, 7) is 1.96. The van der Waals surface area contributed by atoms with Crippen LogP contribution in [0.4, 0.5) is 4.39 Å². The van der Waals surface area contributed by atoms with Gasteiger partial charge < -0.3 is 14.6 Å². The Hall–Kier alpha value is -2.40. The molecule has 24 heavy (non-hydrogen) atoms. The SMILES string of the molecule is O=C(O)Cc1cccc(-c2cc(F)ccc2OCC2CCOC2)c1. The maximum absolute atomic E-state index is 13.7. The molecule has 1 aliphatic rings. The molecule has 0 bridgehead atoms. The van der Waals surface area contributed by atoms with Gasteiger partial charge in [0, 0.05) is 18.1 Å². The Labute approximate surface area is 139 Å². The Morgan fingerprint density at radius 3 is 2.92 bits per heavy atom. The van der Waals surface area contributed by atoms with Crippen LogP contribution in [0, 0.1) is 11.7 Å². The fourth-order valence-corrected chi connectivity index (χ4v) is 2.80. The summed E-state index contributed by atoms with van der Waals surface area (Å²) in [5.74, 6) is -0.314. The zero-order valence-corrected chi connectivity index (χ0v) is 13.2. The second-order valence-electron chi connectivity index (χ2n) is 5.95. The Morgan fingerprint density at radius 2 is 2.17 bits per heavy atom. The van der Waals surface area contributed by atoms with E-state index in [0.717, 1.165) is 18.6 Å². The minimum Gasteiger partial charge on any atom is -0.493 e. The van der Waals surface area contributed by atoms with Crippen molar-refractivity contribution in [1.29, 1.82) is 0 Å². The lowest BCUT2D eigenvalue weighted by Crippen LogP contribution is -2.12. The molecule has 4 nitrogen and oxygen atoms in total. The van der Waals surface area contributed by atoms with Crippen molar-refractivity contribution < 1.29 is 23.8 Å². The predicted molar refractivity (Wildman–Crippen MR) is 87.6 cm³/mol. The van der Waals surface area contributed by atoms with Crippen molar-refractivity contribution in [3.05, 3.63) is 53.8 Å². The second kappa shape index (κ2) is 7.45. The molecule has 0 radical (unpaired) electrons. The van der Waals surface area contributed by atoms with Crippen molar-refractivity contribution in [3.8, 4) is 16.9 Å². The van der Waals surface area contributed by atoms with E-state index in [1.54, 1.807) is 24.3 Å². The van der Waals surface area contributed by atoms with Gasteiger partial charge in [0.15, 0.2) is 0 Å². The van der Waals surface area contributed by atoms with E-state index in [2.05, 4.69) is 0 Å². The smallest absolute Gasteiger partial charge is 0.307 e. The third-order valence-corrected chi connectivity index (χ3v) is 4.03. The number of rotatable bonds is 6. The van der Waals surface area contributed by atoms with Crippen LogP contribution in [0.25, 0.3) is 11.1 Å². The topological polar surface area (TPSA) is 55.8 Å². The van der Waals surface area contributed by atoms with Crippen molar-refractivity contribution in [1.82, 2.24) is 0 Å². The molecule has 3 rings (SSSR count). The monoisotopic (exact) mass is 330 g/mol. The lowest BCUT2D eigenvalue weighted by molar-refractivity contribution is -0.136. The van der Waals surface area contributed by atoms with Gasteiger partial charge >= 0.3 is 5.97 Å². The normalized spacial score (nSPS) is 17.0. The molecule has 0 amide bonds. The largest absolute Gasteiger partial charge is 0.493 e. The molecule has 1 heterocycles. The highest BCUT2D eigenvalue weighted by Crippen LogP contribution is 2.32. The van der Waals surface area contributed by atoms with E-state index in [4.69, 9.17) is 14.6 Å². The number of benzene rings is 2. The third kappa shape index (κ3) is 4.11. The van der Waals surface area contributed by atoms with Gasteiger partial charge in [-0.1, -0.05) is 24.3 Å². The maximum Gasteiger partial charge on any atom is 0.307 e. The molecule has 1 atom stereocenters. The zero-order valence-electron chi connectivity index (χ0n) is 13.2. The van der Waals surface area contributed by atoms with Gasteiger partial charge in [-0.05, 0) is 35.7 Å². The molecule has 1 saturated heterocycles. The minimum atomic E-state index is -0.899. The highest BCUT2D eigenvalue weighted by atomic mass is 19.1. The van der Waals surface area contributed by atoms with E-state index in [0.29, 0.717) is 36.0 Å². The molecule has 0 saturated carbocycles. The van der Waals surface area contributed by atoms with Gasteiger partial charge in [-0.2, -0.15) is 0 Å².